The van der Waals surface area contributed by atoms with E-state index in [1.165, 1.54) is 32.1 Å². The van der Waals surface area contributed by atoms with Crippen molar-refractivity contribution in [2.75, 3.05) is 20.3 Å². The van der Waals surface area contributed by atoms with Crippen molar-refractivity contribution >= 4 is 7.32 Å². The van der Waals surface area contributed by atoms with E-state index in [0.29, 0.717) is 5.92 Å². The molecular weight excluding hydrogens is 179 g/mol. The second kappa shape index (κ2) is 7.26. The van der Waals surface area contributed by atoms with Crippen LogP contribution in [0.3, 0.4) is 0 Å². The zero-order valence-corrected chi connectivity index (χ0v) is 9.33. The third-order valence-corrected chi connectivity index (χ3v) is 2.59. The van der Waals surface area contributed by atoms with Crippen LogP contribution in [0, 0.1) is 5.92 Å². The first-order valence-corrected chi connectivity index (χ1v) is 5.62. The van der Waals surface area contributed by atoms with Gasteiger partial charge in [0.1, 0.15) is 0 Å². The maximum atomic E-state index is 5.35. The maximum absolute atomic E-state index is 5.35. The van der Waals surface area contributed by atoms with Crippen molar-refractivity contribution in [2.45, 2.75) is 39.0 Å². The van der Waals surface area contributed by atoms with Crippen LogP contribution in [0.4, 0.5) is 0 Å². The summed E-state index contributed by atoms with van der Waals surface area (Å²) in [7, 11) is 1.17. The monoisotopic (exact) mass is 200 g/mol. The lowest BCUT2D eigenvalue weighted by Gasteiger charge is -2.25. The molecule has 1 aliphatic rings. The second-order valence-electron chi connectivity index (χ2n) is 3.91. The van der Waals surface area contributed by atoms with Crippen molar-refractivity contribution < 1.29 is 14.0 Å². The fourth-order valence-corrected chi connectivity index (χ4v) is 1.69. The molecule has 0 saturated carbocycles. The van der Waals surface area contributed by atoms with E-state index in [4.69, 9.17) is 14.0 Å². The van der Waals surface area contributed by atoms with Crippen LogP contribution < -0.4 is 0 Å². The molecule has 0 amide bonds. The Morgan fingerprint density at radius 1 is 1.21 bits per heavy atom. The molecule has 0 unspecified atom stereocenters. The number of rotatable bonds is 6. The van der Waals surface area contributed by atoms with Crippen molar-refractivity contribution in [1.29, 1.82) is 0 Å². The standard InChI is InChI=1S/C10H21BO3/c1-3-4-5-6-7-10-8-13-11(12-2)14-9-10/h10H,3-9H2,1-2H3. The lowest BCUT2D eigenvalue weighted by molar-refractivity contribution is 0.0245. The Morgan fingerprint density at radius 2 is 1.93 bits per heavy atom. The molecule has 0 aromatic carbocycles. The summed E-state index contributed by atoms with van der Waals surface area (Å²) in [5.41, 5.74) is 0. The lowest BCUT2D eigenvalue weighted by atomic mass is 9.99. The first kappa shape index (κ1) is 12.0. The Morgan fingerprint density at radius 3 is 2.50 bits per heavy atom. The van der Waals surface area contributed by atoms with E-state index in [1.807, 2.05) is 0 Å². The molecule has 0 aromatic rings. The van der Waals surface area contributed by atoms with Gasteiger partial charge in [-0.25, -0.2) is 0 Å². The molecule has 82 valence electrons. The first-order valence-electron chi connectivity index (χ1n) is 5.62. The molecule has 0 N–H and O–H groups in total. The average molecular weight is 200 g/mol. The van der Waals surface area contributed by atoms with Gasteiger partial charge in [0, 0.05) is 26.2 Å². The van der Waals surface area contributed by atoms with E-state index in [0.717, 1.165) is 13.2 Å². The fourth-order valence-electron chi connectivity index (χ4n) is 1.69. The molecule has 0 bridgehead atoms. The van der Waals surface area contributed by atoms with Crippen LogP contribution in [0.5, 0.6) is 0 Å². The lowest BCUT2D eigenvalue weighted by Crippen LogP contribution is -2.37. The van der Waals surface area contributed by atoms with Gasteiger partial charge in [-0.05, 0) is 6.42 Å². The molecule has 0 radical (unpaired) electrons. The van der Waals surface area contributed by atoms with Crippen molar-refractivity contribution in [3.05, 3.63) is 0 Å². The van der Waals surface area contributed by atoms with Crippen molar-refractivity contribution in [3.8, 4) is 0 Å². The van der Waals surface area contributed by atoms with Gasteiger partial charge in [0.2, 0.25) is 0 Å². The van der Waals surface area contributed by atoms with E-state index in [1.54, 1.807) is 7.11 Å². The van der Waals surface area contributed by atoms with Crippen LogP contribution in [-0.2, 0) is 14.0 Å². The van der Waals surface area contributed by atoms with Gasteiger partial charge in [0.15, 0.2) is 0 Å². The van der Waals surface area contributed by atoms with Gasteiger partial charge >= 0.3 is 7.32 Å². The smallest absolute Gasteiger partial charge is 0.389 e. The van der Waals surface area contributed by atoms with E-state index < -0.39 is 7.32 Å². The zero-order valence-electron chi connectivity index (χ0n) is 9.33. The molecular formula is C10H21BO3. The van der Waals surface area contributed by atoms with Crippen LogP contribution in [0.1, 0.15) is 39.0 Å². The summed E-state index contributed by atoms with van der Waals surface area (Å²) in [6.07, 6.45) is 6.48. The Hall–Kier alpha value is -0.0551. The Labute approximate surface area is 87.3 Å². The SMILES string of the molecule is CCCCCCC1COB(OC)OC1. The van der Waals surface area contributed by atoms with Crippen LogP contribution in [-0.4, -0.2) is 27.6 Å². The fraction of sp³-hybridized carbons (Fsp3) is 1.00. The molecule has 14 heavy (non-hydrogen) atoms. The first-order chi connectivity index (χ1) is 6.86. The predicted octanol–water partition coefficient (Wildman–Crippen LogP) is 2.25. The van der Waals surface area contributed by atoms with Crippen LogP contribution >= 0.6 is 0 Å². The van der Waals surface area contributed by atoms with Gasteiger partial charge in [-0.3, -0.25) is 0 Å². The minimum atomic E-state index is -0.429. The highest BCUT2D eigenvalue weighted by Gasteiger charge is 2.27. The van der Waals surface area contributed by atoms with E-state index in [-0.39, 0.29) is 0 Å². The minimum absolute atomic E-state index is 0.429. The summed E-state index contributed by atoms with van der Waals surface area (Å²) in [5.74, 6) is 0.568. The number of hydrogen-bond donors (Lipinski definition) is 0. The van der Waals surface area contributed by atoms with Crippen molar-refractivity contribution in [1.82, 2.24) is 0 Å². The van der Waals surface area contributed by atoms with Crippen LogP contribution in [0.2, 0.25) is 0 Å². The Balaban J connectivity index is 1.98. The average Bonchev–Trinajstić information content (AvgIpc) is 2.25. The van der Waals surface area contributed by atoms with Crippen molar-refractivity contribution in [2.24, 2.45) is 5.92 Å². The number of unbranched alkanes of at least 4 members (excludes halogenated alkanes) is 3. The van der Waals surface area contributed by atoms with E-state index >= 15 is 0 Å². The topological polar surface area (TPSA) is 27.7 Å². The Bertz CT molecular complexity index is 135. The summed E-state index contributed by atoms with van der Waals surface area (Å²) < 4.78 is 15.6. The second-order valence-corrected chi connectivity index (χ2v) is 3.91. The molecule has 0 aromatic heterocycles. The summed E-state index contributed by atoms with van der Waals surface area (Å²) in [6.45, 7) is 3.80. The predicted molar refractivity (Wildman–Crippen MR) is 56.9 cm³/mol. The summed E-state index contributed by atoms with van der Waals surface area (Å²) in [6, 6.07) is 0. The summed E-state index contributed by atoms with van der Waals surface area (Å²) in [4.78, 5) is 0. The zero-order chi connectivity index (χ0) is 10.2. The molecule has 1 saturated heterocycles. The highest BCUT2D eigenvalue weighted by Crippen LogP contribution is 2.16. The molecule has 1 heterocycles. The third kappa shape index (κ3) is 4.44. The largest absolute Gasteiger partial charge is 0.639 e. The van der Waals surface area contributed by atoms with Gasteiger partial charge in [-0.2, -0.15) is 0 Å². The highest BCUT2D eigenvalue weighted by atomic mass is 16.7. The van der Waals surface area contributed by atoms with Gasteiger partial charge in [-0.15, -0.1) is 0 Å². The molecule has 3 nitrogen and oxygen atoms in total. The molecule has 0 aliphatic carbocycles. The van der Waals surface area contributed by atoms with Gasteiger partial charge in [0.05, 0.1) is 0 Å². The molecule has 1 fully saturated rings. The summed E-state index contributed by atoms with van der Waals surface area (Å²) in [5, 5.41) is 0. The summed E-state index contributed by atoms with van der Waals surface area (Å²) >= 11 is 0. The highest BCUT2D eigenvalue weighted by molar-refractivity contribution is 6.36. The number of hydrogen-bond acceptors (Lipinski definition) is 3. The molecule has 4 heteroatoms. The quantitative estimate of drug-likeness (QED) is 0.486. The normalized spacial score (nSPS) is 18.9. The van der Waals surface area contributed by atoms with Crippen LogP contribution in [0.15, 0.2) is 0 Å². The molecule has 1 rings (SSSR count). The van der Waals surface area contributed by atoms with Gasteiger partial charge < -0.3 is 14.0 Å². The van der Waals surface area contributed by atoms with Crippen molar-refractivity contribution in [3.63, 3.8) is 0 Å². The van der Waals surface area contributed by atoms with Gasteiger partial charge in [-0.1, -0.05) is 32.6 Å². The maximum Gasteiger partial charge on any atom is 0.639 e. The molecule has 0 spiro atoms. The third-order valence-electron chi connectivity index (χ3n) is 2.59. The molecule has 1 aliphatic heterocycles. The minimum Gasteiger partial charge on any atom is -0.389 e. The van der Waals surface area contributed by atoms with E-state index in [9.17, 15) is 0 Å². The van der Waals surface area contributed by atoms with Crippen LogP contribution in [0.25, 0.3) is 0 Å². The van der Waals surface area contributed by atoms with Gasteiger partial charge in [0.25, 0.3) is 0 Å². The molecule has 0 atom stereocenters. The van der Waals surface area contributed by atoms with E-state index in [2.05, 4.69) is 6.92 Å². The Kier molecular flexibility index (Phi) is 6.24.